The van der Waals surface area contributed by atoms with Gasteiger partial charge in [0.15, 0.2) is 0 Å². The Morgan fingerprint density at radius 2 is 1.54 bits per heavy atom. The maximum atomic E-state index is 13.1. The predicted octanol–water partition coefficient (Wildman–Crippen LogP) is 7.04. The standard InChI is InChI=1S/C30H29ClN2O2/c31-22-13-15-23(16-14-22)33-30(35)28(19-34)26-6-2-1-5-24(26)20-9-11-21(12-10-20)25-17-18-32-29-8-4-3-7-27(25)29/h1-8,13-18,20-21,28,34H,9-12,19H2,(H,33,35)/t20?,21?,28-/m0/s1. The number of hydrogen-bond acceptors (Lipinski definition) is 3. The van der Waals surface area contributed by atoms with Crippen LogP contribution in [-0.2, 0) is 4.79 Å². The molecule has 0 saturated heterocycles. The predicted molar refractivity (Wildman–Crippen MR) is 142 cm³/mol. The number of para-hydroxylation sites is 1. The average Bonchev–Trinajstić information content (AvgIpc) is 2.90. The SMILES string of the molecule is O=C(Nc1ccc(Cl)cc1)[C@@H](CO)c1ccccc1C1CCC(c2ccnc3ccccc23)CC1. The number of fused-ring (bicyclic) bond motifs is 1. The maximum Gasteiger partial charge on any atom is 0.234 e. The minimum absolute atomic E-state index is 0.209. The molecular formula is C30H29ClN2O2. The summed E-state index contributed by atoms with van der Waals surface area (Å²) in [6, 6.07) is 25.6. The Morgan fingerprint density at radius 1 is 0.886 bits per heavy atom. The van der Waals surface area contributed by atoms with Crippen LogP contribution in [0.15, 0.2) is 85.1 Å². The van der Waals surface area contributed by atoms with Crippen molar-refractivity contribution in [3.63, 3.8) is 0 Å². The summed E-state index contributed by atoms with van der Waals surface area (Å²) >= 11 is 5.96. The van der Waals surface area contributed by atoms with Crippen molar-refractivity contribution < 1.29 is 9.90 Å². The number of carbonyl (C=O) groups excluding carboxylic acids is 1. The molecule has 1 saturated carbocycles. The lowest BCUT2D eigenvalue weighted by Gasteiger charge is -2.31. The quantitative estimate of drug-likeness (QED) is 0.308. The van der Waals surface area contributed by atoms with Gasteiger partial charge in [0.2, 0.25) is 5.91 Å². The molecule has 0 bridgehead atoms. The van der Waals surface area contributed by atoms with Crippen LogP contribution >= 0.6 is 11.6 Å². The van der Waals surface area contributed by atoms with Gasteiger partial charge in [-0.15, -0.1) is 0 Å². The number of nitrogens with zero attached hydrogens (tertiary/aromatic N) is 1. The molecule has 4 aromatic rings. The normalized spacial score (nSPS) is 18.8. The first-order valence-corrected chi connectivity index (χ1v) is 12.6. The molecule has 4 nitrogen and oxygen atoms in total. The van der Waals surface area contributed by atoms with Crippen LogP contribution < -0.4 is 5.32 Å². The fourth-order valence-electron chi connectivity index (χ4n) is 5.47. The minimum atomic E-state index is -0.622. The van der Waals surface area contributed by atoms with Gasteiger partial charge >= 0.3 is 0 Å². The molecule has 0 aliphatic heterocycles. The third-order valence-electron chi connectivity index (χ3n) is 7.27. The molecule has 2 N–H and O–H groups in total. The Balaban J connectivity index is 1.33. The average molecular weight is 485 g/mol. The molecule has 1 amide bonds. The summed E-state index contributed by atoms with van der Waals surface area (Å²) in [5, 5.41) is 15.0. The number of benzene rings is 3. The smallest absolute Gasteiger partial charge is 0.234 e. The third kappa shape index (κ3) is 5.09. The van der Waals surface area contributed by atoms with Crippen LogP contribution in [0.4, 0.5) is 5.69 Å². The van der Waals surface area contributed by atoms with Gasteiger partial charge in [0.1, 0.15) is 0 Å². The van der Waals surface area contributed by atoms with Crippen molar-refractivity contribution in [2.75, 3.05) is 11.9 Å². The molecule has 1 aromatic heterocycles. The van der Waals surface area contributed by atoms with Crippen molar-refractivity contribution in [2.45, 2.75) is 43.4 Å². The van der Waals surface area contributed by atoms with Gasteiger partial charge in [-0.3, -0.25) is 9.78 Å². The fraction of sp³-hybridized carbons (Fsp3) is 0.267. The van der Waals surface area contributed by atoms with E-state index in [1.165, 1.54) is 16.5 Å². The Morgan fingerprint density at radius 3 is 2.29 bits per heavy atom. The molecule has 1 fully saturated rings. The number of anilines is 1. The Bertz CT molecular complexity index is 1310. The first kappa shape index (κ1) is 23.5. The molecule has 1 aliphatic carbocycles. The molecule has 5 rings (SSSR count). The van der Waals surface area contributed by atoms with Gasteiger partial charge in [0.05, 0.1) is 18.0 Å². The zero-order valence-corrected chi connectivity index (χ0v) is 20.3. The second-order valence-electron chi connectivity index (χ2n) is 9.33. The number of aliphatic hydroxyl groups is 1. The van der Waals surface area contributed by atoms with Crippen molar-refractivity contribution in [1.82, 2.24) is 4.98 Å². The highest BCUT2D eigenvalue weighted by Crippen LogP contribution is 2.43. The van der Waals surface area contributed by atoms with Gasteiger partial charge in [-0.05, 0) is 90.6 Å². The first-order chi connectivity index (χ1) is 17.1. The van der Waals surface area contributed by atoms with Crippen LogP contribution in [0.3, 0.4) is 0 Å². The number of carbonyl (C=O) groups is 1. The molecular weight excluding hydrogens is 456 g/mol. The van der Waals surface area contributed by atoms with E-state index >= 15 is 0 Å². The largest absolute Gasteiger partial charge is 0.395 e. The topological polar surface area (TPSA) is 62.2 Å². The molecule has 5 heteroatoms. The number of nitrogens with one attached hydrogen (secondary N) is 1. The van der Waals surface area contributed by atoms with E-state index in [-0.39, 0.29) is 12.5 Å². The summed E-state index contributed by atoms with van der Waals surface area (Å²) in [5.74, 6) is 0.0454. The lowest BCUT2D eigenvalue weighted by molar-refractivity contribution is -0.118. The number of aliphatic hydroxyl groups excluding tert-OH is 1. The maximum absolute atomic E-state index is 13.1. The van der Waals surface area contributed by atoms with Crippen molar-refractivity contribution in [3.8, 4) is 0 Å². The lowest BCUT2D eigenvalue weighted by atomic mass is 9.73. The number of pyridine rings is 1. The summed E-state index contributed by atoms with van der Waals surface area (Å²) in [5.41, 5.74) is 5.20. The monoisotopic (exact) mass is 484 g/mol. The molecule has 1 heterocycles. The van der Waals surface area contributed by atoms with Gasteiger partial charge < -0.3 is 10.4 Å². The second-order valence-corrected chi connectivity index (χ2v) is 9.76. The van der Waals surface area contributed by atoms with E-state index < -0.39 is 5.92 Å². The summed E-state index contributed by atoms with van der Waals surface area (Å²) in [4.78, 5) is 17.6. The number of halogens is 1. The molecule has 0 spiro atoms. The zero-order valence-electron chi connectivity index (χ0n) is 19.5. The summed E-state index contributed by atoms with van der Waals surface area (Å²) < 4.78 is 0. The molecule has 35 heavy (non-hydrogen) atoms. The summed E-state index contributed by atoms with van der Waals surface area (Å²) in [6.45, 7) is -0.241. The molecule has 0 unspecified atom stereocenters. The van der Waals surface area contributed by atoms with E-state index in [0.717, 1.165) is 36.8 Å². The van der Waals surface area contributed by atoms with E-state index in [4.69, 9.17) is 11.6 Å². The summed E-state index contributed by atoms with van der Waals surface area (Å²) in [6.07, 6.45) is 6.20. The molecule has 0 radical (unpaired) electrons. The molecule has 1 atom stereocenters. The van der Waals surface area contributed by atoms with Gasteiger partial charge in [0, 0.05) is 22.3 Å². The Hall–Kier alpha value is -3.21. The van der Waals surface area contributed by atoms with Crippen LogP contribution in [0.25, 0.3) is 10.9 Å². The number of amides is 1. The van der Waals surface area contributed by atoms with Gasteiger partial charge in [0.25, 0.3) is 0 Å². The van der Waals surface area contributed by atoms with Crippen LogP contribution in [0.5, 0.6) is 0 Å². The first-order valence-electron chi connectivity index (χ1n) is 12.2. The van der Waals surface area contributed by atoms with E-state index in [9.17, 15) is 9.90 Å². The fourth-order valence-corrected chi connectivity index (χ4v) is 5.60. The number of hydrogen-bond donors (Lipinski definition) is 2. The van der Waals surface area contributed by atoms with Crippen molar-refractivity contribution in [2.24, 2.45) is 0 Å². The molecule has 3 aromatic carbocycles. The van der Waals surface area contributed by atoms with Crippen LogP contribution in [0.1, 0.15) is 60.1 Å². The summed E-state index contributed by atoms with van der Waals surface area (Å²) in [7, 11) is 0. The van der Waals surface area contributed by atoms with Crippen LogP contribution in [0.2, 0.25) is 5.02 Å². The number of aromatic nitrogens is 1. The van der Waals surface area contributed by atoms with Gasteiger partial charge in [-0.1, -0.05) is 54.1 Å². The van der Waals surface area contributed by atoms with Gasteiger partial charge in [-0.25, -0.2) is 0 Å². The van der Waals surface area contributed by atoms with Gasteiger partial charge in [-0.2, -0.15) is 0 Å². The Labute approximate surface area is 211 Å². The van der Waals surface area contributed by atoms with Crippen LogP contribution in [-0.4, -0.2) is 22.6 Å². The zero-order chi connectivity index (χ0) is 24.2. The highest BCUT2D eigenvalue weighted by Gasteiger charge is 2.29. The van der Waals surface area contributed by atoms with E-state index in [1.807, 2.05) is 30.5 Å². The highest BCUT2D eigenvalue weighted by molar-refractivity contribution is 6.30. The Kier molecular flexibility index (Phi) is 7.12. The van der Waals surface area contributed by atoms with Crippen LogP contribution in [0, 0.1) is 0 Å². The third-order valence-corrected chi connectivity index (χ3v) is 7.52. The van der Waals surface area contributed by atoms with Crippen molar-refractivity contribution in [3.05, 3.63) is 107 Å². The minimum Gasteiger partial charge on any atom is -0.395 e. The van der Waals surface area contributed by atoms with Crippen molar-refractivity contribution in [1.29, 1.82) is 0 Å². The lowest BCUT2D eigenvalue weighted by Crippen LogP contribution is -2.26. The molecule has 178 valence electrons. The molecule has 1 aliphatic rings. The van der Waals surface area contributed by atoms with Crippen molar-refractivity contribution >= 4 is 34.1 Å². The van der Waals surface area contributed by atoms with E-state index in [1.54, 1.807) is 24.3 Å². The second kappa shape index (κ2) is 10.6. The highest BCUT2D eigenvalue weighted by atomic mass is 35.5. The van der Waals surface area contributed by atoms with E-state index in [0.29, 0.717) is 22.5 Å². The van der Waals surface area contributed by atoms with E-state index in [2.05, 4.69) is 40.6 Å². The number of rotatable bonds is 6.